The van der Waals surface area contributed by atoms with Crippen molar-refractivity contribution in [3.63, 3.8) is 0 Å². The summed E-state index contributed by atoms with van der Waals surface area (Å²) in [4.78, 5) is 5.03. The smallest absolute Gasteiger partial charge is 0.125 e. The van der Waals surface area contributed by atoms with E-state index >= 15 is 0 Å². The van der Waals surface area contributed by atoms with Crippen molar-refractivity contribution in [2.75, 3.05) is 32.7 Å². The first-order chi connectivity index (χ1) is 15.3. The predicted octanol–water partition coefficient (Wildman–Crippen LogP) is 4.71. The van der Waals surface area contributed by atoms with E-state index in [1.807, 2.05) is 18.2 Å². The number of phenols is 1. The highest BCUT2D eigenvalue weighted by atomic mass is 16.5. The van der Waals surface area contributed by atoms with Crippen LogP contribution in [-0.4, -0.2) is 47.6 Å². The fraction of sp³-hybridized carbons (Fsp3) is 0.259. The number of aromatic hydroxyl groups is 1. The number of piperazine rings is 1. The predicted molar refractivity (Wildman–Crippen MR) is 124 cm³/mol. The molecule has 4 heteroatoms. The van der Waals surface area contributed by atoms with Gasteiger partial charge in [-0.3, -0.25) is 9.80 Å². The summed E-state index contributed by atoms with van der Waals surface area (Å²) in [6.45, 7) is 5.53. The second-order valence-electron chi connectivity index (χ2n) is 8.26. The number of benzene rings is 3. The van der Waals surface area contributed by atoms with E-state index in [1.165, 1.54) is 16.7 Å². The molecule has 158 valence electrons. The summed E-state index contributed by atoms with van der Waals surface area (Å²) in [5, 5.41) is 10.2. The summed E-state index contributed by atoms with van der Waals surface area (Å²) in [5.41, 5.74) is 4.80. The molecule has 1 fully saturated rings. The second kappa shape index (κ2) is 8.96. The van der Waals surface area contributed by atoms with E-state index in [2.05, 4.69) is 70.5 Å². The molecule has 1 atom stereocenters. The first-order valence-electron chi connectivity index (χ1n) is 11.0. The lowest BCUT2D eigenvalue weighted by molar-refractivity contribution is 0.117. The van der Waals surface area contributed by atoms with Gasteiger partial charge in [0.15, 0.2) is 0 Å². The van der Waals surface area contributed by atoms with Gasteiger partial charge in [-0.1, -0.05) is 66.7 Å². The molecule has 3 aromatic rings. The Labute approximate surface area is 184 Å². The third-order valence-corrected chi connectivity index (χ3v) is 6.27. The van der Waals surface area contributed by atoms with E-state index in [0.29, 0.717) is 6.61 Å². The average molecular weight is 413 g/mol. The van der Waals surface area contributed by atoms with Crippen LogP contribution in [0.3, 0.4) is 0 Å². The van der Waals surface area contributed by atoms with Crippen molar-refractivity contribution in [1.29, 1.82) is 0 Å². The number of nitrogens with zero attached hydrogens (tertiary/aromatic N) is 2. The van der Waals surface area contributed by atoms with Crippen LogP contribution in [0.1, 0.15) is 28.3 Å². The van der Waals surface area contributed by atoms with E-state index in [9.17, 15) is 5.11 Å². The van der Waals surface area contributed by atoms with Gasteiger partial charge in [-0.05, 0) is 34.9 Å². The van der Waals surface area contributed by atoms with Crippen molar-refractivity contribution in [1.82, 2.24) is 9.80 Å². The number of rotatable bonds is 4. The lowest BCUT2D eigenvalue weighted by Crippen LogP contribution is -2.47. The van der Waals surface area contributed by atoms with Crippen LogP contribution in [0, 0.1) is 0 Å². The Balaban J connectivity index is 1.33. The zero-order valence-corrected chi connectivity index (χ0v) is 17.7. The molecule has 0 saturated carbocycles. The Morgan fingerprint density at radius 2 is 1.65 bits per heavy atom. The minimum atomic E-state index is 0.0998. The van der Waals surface area contributed by atoms with Crippen molar-refractivity contribution >= 4 is 6.08 Å². The summed E-state index contributed by atoms with van der Waals surface area (Å²) in [7, 11) is 0. The van der Waals surface area contributed by atoms with Crippen molar-refractivity contribution in [2.24, 2.45) is 0 Å². The van der Waals surface area contributed by atoms with Gasteiger partial charge in [-0.15, -0.1) is 0 Å². The van der Waals surface area contributed by atoms with E-state index in [0.717, 1.165) is 44.0 Å². The highest BCUT2D eigenvalue weighted by Crippen LogP contribution is 2.41. The van der Waals surface area contributed by atoms with E-state index in [1.54, 1.807) is 6.07 Å². The molecule has 2 aliphatic rings. The fourth-order valence-electron chi connectivity index (χ4n) is 4.64. The fourth-order valence-corrected chi connectivity index (χ4v) is 4.64. The van der Waals surface area contributed by atoms with Gasteiger partial charge < -0.3 is 9.84 Å². The summed E-state index contributed by atoms with van der Waals surface area (Å²) < 4.78 is 6.11. The lowest BCUT2D eigenvalue weighted by Gasteiger charge is -2.39. The molecule has 4 nitrogen and oxygen atoms in total. The minimum Gasteiger partial charge on any atom is -0.508 e. The van der Waals surface area contributed by atoms with Gasteiger partial charge in [-0.25, -0.2) is 0 Å². The zero-order chi connectivity index (χ0) is 21.0. The van der Waals surface area contributed by atoms with Crippen molar-refractivity contribution < 1.29 is 9.84 Å². The van der Waals surface area contributed by atoms with Crippen molar-refractivity contribution in [2.45, 2.75) is 12.6 Å². The molecule has 0 aliphatic carbocycles. The van der Waals surface area contributed by atoms with Gasteiger partial charge in [0.2, 0.25) is 0 Å². The van der Waals surface area contributed by atoms with E-state index in [-0.39, 0.29) is 11.8 Å². The van der Waals surface area contributed by atoms with Gasteiger partial charge in [0.1, 0.15) is 18.1 Å². The number of hydrogen-bond acceptors (Lipinski definition) is 4. The standard InChI is InChI=1S/C27H28N2O2/c30-23-12-13-26-25(19-23)27(24-11-5-4-10-22(24)20-31-26)29-17-15-28(16-18-29)14-6-9-21-7-2-1-3-8-21/h1-13,19,27,30H,14-18,20H2. The number of phenolic OH excluding ortho intramolecular Hbond substituents is 1. The van der Waals surface area contributed by atoms with Crippen LogP contribution < -0.4 is 4.74 Å². The highest BCUT2D eigenvalue weighted by molar-refractivity contribution is 5.50. The summed E-state index contributed by atoms with van der Waals surface area (Å²) in [5.74, 6) is 1.16. The molecule has 0 amide bonds. The van der Waals surface area contributed by atoms with Crippen LogP contribution in [0.2, 0.25) is 0 Å². The Morgan fingerprint density at radius 1 is 0.871 bits per heavy atom. The molecule has 2 aliphatic heterocycles. The number of ether oxygens (including phenoxy) is 1. The molecular formula is C27H28N2O2. The molecule has 0 aromatic heterocycles. The maximum atomic E-state index is 10.2. The van der Waals surface area contributed by atoms with Crippen LogP contribution in [0.4, 0.5) is 0 Å². The third kappa shape index (κ3) is 4.36. The molecule has 0 bridgehead atoms. The summed E-state index contributed by atoms with van der Waals surface area (Å²) >= 11 is 0. The molecule has 2 heterocycles. The first-order valence-corrected chi connectivity index (χ1v) is 11.0. The Bertz CT molecular complexity index is 1060. The molecule has 1 N–H and O–H groups in total. The van der Waals surface area contributed by atoms with Crippen LogP contribution in [0.15, 0.2) is 78.9 Å². The quantitative estimate of drug-likeness (QED) is 0.674. The maximum Gasteiger partial charge on any atom is 0.125 e. The van der Waals surface area contributed by atoms with Gasteiger partial charge in [0, 0.05) is 38.3 Å². The van der Waals surface area contributed by atoms with Gasteiger partial charge >= 0.3 is 0 Å². The minimum absolute atomic E-state index is 0.0998. The molecule has 1 saturated heterocycles. The van der Waals surface area contributed by atoms with Gasteiger partial charge in [-0.2, -0.15) is 0 Å². The van der Waals surface area contributed by atoms with Crippen molar-refractivity contribution in [3.05, 3.63) is 101 Å². The van der Waals surface area contributed by atoms with E-state index < -0.39 is 0 Å². The molecular weight excluding hydrogens is 384 g/mol. The summed E-state index contributed by atoms with van der Waals surface area (Å²) in [6, 6.07) is 24.6. The molecule has 31 heavy (non-hydrogen) atoms. The molecule has 3 aromatic carbocycles. The lowest BCUT2D eigenvalue weighted by atomic mass is 9.93. The van der Waals surface area contributed by atoms with Crippen LogP contribution in [0.5, 0.6) is 11.5 Å². The third-order valence-electron chi connectivity index (χ3n) is 6.27. The van der Waals surface area contributed by atoms with Crippen LogP contribution >= 0.6 is 0 Å². The van der Waals surface area contributed by atoms with Crippen LogP contribution in [0.25, 0.3) is 6.08 Å². The van der Waals surface area contributed by atoms with Crippen molar-refractivity contribution in [3.8, 4) is 11.5 Å². The largest absolute Gasteiger partial charge is 0.508 e. The SMILES string of the molecule is Oc1ccc2c(c1)C(N1CCN(CC=Cc3ccccc3)CC1)c1ccccc1CO2. The number of fused-ring (bicyclic) bond motifs is 2. The highest BCUT2D eigenvalue weighted by Gasteiger charge is 2.31. The monoisotopic (exact) mass is 412 g/mol. The van der Waals surface area contributed by atoms with Gasteiger partial charge in [0.25, 0.3) is 0 Å². The second-order valence-corrected chi connectivity index (χ2v) is 8.26. The molecule has 5 rings (SSSR count). The molecule has 1 unspecified atom stereocenters. The van der Waals surface area contributed by atoms with Gasteiger partial charge in [0.05, 0.1) is 6.04 Å². The maximum absolute atomic E-state index is 10.2. The normalized spacial score (nSPS) is 19.4. The zero-order valence-electron chi connectivity index (χ0n) is 17.7. The average Bonchev–Trinajstić information content (AvgIpc) is 2.97. The van der Waals surface area contributed by atoms with Crippen LogP contribution in [-0.2, 0) is 6.61 Å². The molecule has 0 radical (unpaired) electrons. The Morgan fingerprint density at radius 3 is 2.48 bits per heavy atom. The van der Waals surface area contributed by atoms with E-state index in [4.69, 9.17) is 4.74 Å². The summed E-state index contributed by atoms with van der Waals surface area (Å²) in [6.07, 6.45) is 4.46. The topological polar surface area (TPSA) is 35.9 Å². The Hall–Kier alpha value is -3.08. The molecule has 0 spiro atoms. The Kier molecular flexibility index (Phi) is 5.74. The first kappa shape index (κ1) is 19.9. The number of hydrogen-bond donors (Lipinski definition) is 1.